The molecule has 1 aliphatic rings. The van der Waals surface area contributed by atoms with Gasteiger partial charge in [0.2, 0.25) is 0 Å². The Morgan fingerprint density at radius 1 is 1.09 bits per heavy atom. The van der Waals surface area contributed by atoms with Crippen molar-refractivity contribution in [2.24, 2.45) is 11.8 Å². The van der Waals surface area contributed by atoms with Crippen molar-refractivity contribution in [1.29, 1.82) is 0 Å². The van der Waals surface area contributed by atoms with E-state index in [9.17, 15) is 9.59 Å². The van der Waals surface area contributed by atoms with Crippen molar-refractivity contribution in [2.45, 2.75) is 53.0 Å². The maximum Gasteiger partial charge on any atom is 0.253 e. The fourth-order valence-corrected chi connectivity index (χ4v) is 4.71. The molecule has 1 saturated heterocycles. The number of nitrogens with zero attached hydrogens (tertiary/aromatic N) is 3. The summed E-state index contributed by atoms with van der Waals surface area (Å²) in [5, 5.41) is 6.46. The number of Topliss-reactive ketones (excluding diaryl/α,β-unsaturated/α-hetero) is 1. The number of fused-ring (bicyclic) bond motifs is 1. The summed E-state index contributed by atoms with van der Waals surface area (Å²) in [5.41, 5.74) is 3.46. The zero-order valence-corrected chi connectivity index (χ0v) is 20.4. The molecule has 0 unspecified atom stereocenters. The first-order valence-corrected chi connectivity index (χ1v) is 12.2. The number of amides is 1. The van der Waals surface area contributed by atoms with Gasteiger partial charge in [-0.25, -0.2) is 0 Å². The van der Waals surface area contributed by atoms with E-state index < -0.39 is 0 Å². The summed E-state index contributed by atoms with van der Waals surface area (Å²) in [5.74, 6) is 1.28. The lowest BCUT2D eigenvalue weighted by molar-refractivity contribution is 0.0681. The SMILES string of the molecule is Cc1c(C(=O)CCC(C)C)ccc2nn(CC3CCN(C(=O)c4ccc(Cl)cc4)CC3)cc12. The van der Waals surface area contributed by atoms with Crippen molar-refractivity contribution < 1.29 is 9.59 Å². The minimum atomic E-state index is 0.0697. The Morgan fingerprint density at radius 3 is 2.45 bits per heavy atom. The highest BCUT2D eigenvalue weighted by atomic mass is 35.5. The van der Waals surface area contributed by atoms with Crippen LogP contribution in [-0.2, 0) is 6.54 Å². The van der Waals surface area contributed by atoms with Crippen LogP contribution in [0.25, 0.3) is 10.9 Å². The number of halogens is 1. The van der Waals surface area contributed by atoms with Gasteiger partial charge in [-0.1, -0.05) is 25.4 Å². The number of ketones is 1. The third-order valence-corrected chi connectivity index (χ3v) is 6.95. The van der Waals surface area contributed by atoms with Crippen LogP contribution in [0.4, 0.5) is 0 Å². The van der Waals surface area contributed by atoms with E-state index in [0.29, 0.717) is 28.8 Å². The molecule has 4 rings (SSSR count). The topological polar surface area (TPSA) is 55.2 Å². The summed E-state index contributed by atoms with van der Waals surface area (Å²) < 4.78 is 2.02. The highest BCUT2D eigenvalue weighted by Crippen LogP contribution is 2.26. The zero-order valence-electron chi connectivity index (χ0n) is 19.7. The van der Waals surface area contributed by atoms with Crippen molar-refractivity contribution in [3.8, 4) is 0 Å². The average molecular weight is 466 g/mol. The van der Waals surface area contributed by atoms with Gasteiger partial charge in [-0.15, -0.1) is 0 Å². The minimum absolute atomic E-state index is 0.0697. The van der Waals surface area contributed by atoms with E-state index in [1.165, 1.54) is 0 Å². The van der Waals surface area contributed by atoms with Gasteiger partial charge in [0.1, 0.15) is 0 Å². The molecule has 2 aromatic carbocycles. The van der Waals surface area contributed by atoms with Gasteiger partial charge in [0.25, 0.3) is 5.91 Å². The van der Waals surface area contributed by atoms with E-state index >= 15 is 0 Å². The average Bonchev–Trinajstić information content (AvgIpc) is 3.22. The van der Waals surface area contributed by atoms with Crippen LogP contribution in [-0.4, -0.2) is 39.5 Å². The molecular weight excluding hydrogens is 434 g/mol. The molecule has 1 aliphatic heterocycles. The van der Waals surface area contributed by atoms with Gasteiger partial charge in [0.05, 0.1) is 5.52 Å². The van der Waals surface area contributed by atoms with E-state index in [2.05, 4.69) is 20.0 Å². The number of likely N-dealkylation sites (tertiary alicyclic amines) is 1. The second kappa shape index (κ2) is 10.1. The molecule has 0 radical (unpaired) electrons. The first kappa shape index (κ1) is 23.5. The first-order chi connectivity index (χ1) is 15.8. The molecule has 2 heterocycles. The number of carbonyl (C=O) groups excluding carboxylic acids is 2. The number of hydrogen-bond donors (Lipinski definition) is 0. The predicted octanol–water partition coefficient (Wildman–Crippen LogP) is 6.17. The van der Waals surface area contributed by atoms with Gasteiger partial charge in [-0.05, 0) is 80.0 Å². The number of hydrogen-bond acceptors (Lipinski definition) is 3. The van der Waals surface area contributed by atoms with Crippen LogP contribution in [0.15, 0.2) is 42.6 Å². The lowest BCUT2D eigenvalue weighted by Gasteiger charge is -2.32. The fourth-order valence-electron chi connectivity index (χ4n) is 4.59. The molecule has 0 bridgehead atoms. The van der Waals surface area contributed by atoms with Gasteiger partial charge in [0.15, 0.2) is 5.78 Å². The Balaban J connectivity index is 1.38. The second-order valence-corrected chi connectivity index (χ2v) is 10.1. The van der Waals surface area contributed by atoms with Crippen LogP contribution in [0.3, 0.4) is 0 Å². The number of aryl methyl sites for hydroxylation is 1. The Hall–Kier alpha value is -2.66. The molecule has 0 atom stereocenters. The molecular formula is C27H32ClN3O2. The highest BCUT2D eigenvalue weighted by molar-refractivity contribution is 6.30. The van der Waals surface area contributed by atoms with E-state index in [0.717, 1.165) is 60.9 Å². The summed E-state index contributed by atoms with van der Waals surface area (Å²) >= 11 is 5.94. The molecule has 0 aliphatic carbocycles. The Bertz CT molecular complexity index is 1140. The van der Waals surface area contributed by atoms with Crippen LogP contribution in [0.5, 0.6) is 0 Å². The van der Waals surface area contributed by atoms with Crippen molar-refractivity contribution in [1.82, 2.24) is 14.7 Å². The van der Waals surface area contributed by atoms with Gasteiger partial charge in [-0.2, -0.15) is 5.10 Å². The fraction of sp³-hybridized carbons (Fsp3) is 0.444. The molecule has 3 aromatic rings. The number of benzene rings is 2. The Morgan fingerprint density at radius 2 is 1.79 bits per heavy atom. The van der Waals surface area contributed by atoms with Crippen molar-refractivity contribution >= 4 is 34.2 Å². The number of aromatic nitrogens is 2. The summed E-state index contributed by atoms with van der Waals surface area (Å²) in [4.78, 5) is 27.3. The van der Waals surface area contributed by atoms with Crippen LogP contribution >= 0.6 is 11.6 Å². The number of piperidine rings is 1. The van der Waals surface area contributed by atoms with Crippen LogP contribution in [0.1, 0.15) is 65.8 Å². The number of carbonyl (C=O) groups is 2. The van der Waals surface area contributed by atoms with Gasteiger partial charge in [0, 0.05) is 53.8 Å². The van der Waals surface area contributed by atoms with E-state index in [-0.39, 0.29) is 11.7 Å². The number of rotatable bonds is 7. The van der Waals surface area contributed by atoms with Crippen molar-refractivity contribution in [3.63, 3.8) is 0 Å². The standard InChI is InChI=1S/C27H32ClN3O2/c1-18(2)4-11-26(32)23-9-10-25-24(19(23)3)17-31(29-25)16-20-12-14-30(15-13-20)27(33)21-5-7-22(28)8-6-21/h5-10,17-18,20H,4,11-16H2,1-3H3. The maximum absolute atomic E-state index is 12.7. The third-order valence-electron chi connectivity index (χ3n) is 6.69. The normalized spacial score (nSPS) is 14.9. The van der Waals surface area contributed by atoms with Crippen LogP contribution in [0, 0.1) is 18.8 Å². The molecule has 0 spiro atoms. The van der Waals surface area contributed by atoms with E-state index in [1.807, 2.05) is 28.6 Å². The van der Waals surface area contributed by atoms with Gasteiger partial charge >= 0.3 is 0 Å². The lowest BCUT2D eigenvalue weighted by atomic mass is 9.96. The molecule has 0 N–H and O–H groups in total. The van der Waals surface area contributed by atoms with E-state index in [4.69, 9.17) is 16.7 Å². The van der Waals surface area contributed by atoms with Gasteiger partial charge < -0.3 is 4.90 Å². The van der Waals surface area contributed by atoms with Crippen molar-refractivity contribution in [2.75, 3.05) is 13.1 Å². The summed E-state index contributed by atoms with van der Waals surface area (Å²) in [6.07, 6.45) is 5.48. The molecule has 174 valence electrons. The smallest absolute Gasteiger partial charge is 0.253 e. The zero-order chi connectivity index (χ0) is 23.5. The molecule has 6 heteroatoms. The molecule has 1 amide bonds. The first-order valence-electron chi connectivity index (χ1n) is 11.9. The third kappa shape index (κ3) is 5.47. The predicted molar refractivity (Wildman–Crippen MR) is 133 cm³/mol. The quantitative estimate of drug-likeness (QED) is 0.392. The summed E-state index contributed by atoms with van der Waals surface area (Å²) in [6.45, 7) is 8.64. The molecule has 1 fully saturated rings. The monoisotopic (exact) mass is 465 g/mol. The van der Waals surface area contributed by atoms with Crippen LogP contribution < -0.4 is 0 Å². The molecule has 5 nitrogen and oxygen atoms in total. The highest BCUT2D eigenvalue weighted by Gasteiger charge is 2.24. The largest absolute Gasteiger partial charge is 0.339 e. The summed E-state index contributed by atoms with van der Waals surface area (Å²) in [7, 11) is 0. The maximum atomic E-state index is 12.7. The Labute approximate surface area is 200 Å². The van der Waals surface area contributed by atoms with Gasteiger partial charge in [-0.3, -0.25) is 14.3 Å². The molecule has 1 aromatic heterocycles. The Kier molecular flexibility index (Phi) is 7.18. The van der Waals surface area contributed by atoms with Crippen LogP contribution in [0.2, 0.25) is 5.02 Å². The van der Waals surface area contributed by atoms with Crippen molar-refractivity contribution in [3.05, 3.63) is 64.3 Å². The molecule has 0 saturated carbocycles. The second-order valence-electron chi connectivity index (χ2n) is 9.62. The molecule has 33 heavy (non-hydrogen) atoms. The summed E-state index contributed by atoms with van der Waals surface area (Å²) in [6, 6.07) is 11.0. The lowest BCUT2D eigenvalue weighted by Crippen LogP contribution is -2.39. The van der Waals surface area contributed by atoms with E-state index in [1.54, 1.807) is 24.3 Å². The minimum Gasteiger partial charge on any atom is -0.339 e.